The third-order valence-electron chi connectivity index (χ3n) is 2.96. The van der Waals surface area contributed by atoms with Gasteiger partial charge in [-0.2, -0.15) is 0 Å². The van der Waals surface area contributed by atoms with Crippen LogP contribution in [0.5, 0.6) is 0 Å². The van der Waals surface area contributed by atoms with Crippen LogP contribution in [0.3, 0.4) is 0 Å². The molecule has 1 aliphatic carbocycles. The maximum Gasteiger partial charge on any atom is 0.0519 e. The van der Waals surface area contributed by atoms with Crippen molar-refractivity contribution in [2.45, 2.75) is 27.2 Å². The first-order chi connectivity index (χ1) is 6.08. The highest BCUT2D eigenvalue weighted by molar-refractivity contribution is 4.99. The fourth-order valence-corrected chi connectivity index (χ4v) is 1.88. The van der Waals surface area contributed by atoms with E-state index in [0.29, 0.717) is 5.41 Å². The normalized spacial score (nSPS) is 32.5. The fraction of sp³-hybridized carbons (Fsp3) is 1.00. The Kier molecular flexibility index (Phi) is 3.74. The molecule has 0 amide bonds. The van der Waals surface area contributed by atoms with E-state index in [0.717, 1.165) is 31.5 Å². The average molecular weight is 185 g/mol. The van der Waals surface area contributed by atoms with Crippen molar-refractivity contribution in [3.8, 4) is 0 Å². The molecule has 0 heterocycles. The first-order valence-corrected chi connectivity index (χ1v) is 5.28. The van der Waals surface area contributed by atoms with E-state index in [2.05, 4.69) is 26.1 Å². The molecule has 2 atom stereocenters. The summed E-state index contributed by atoms with van der Waals surface area (Å²) in [5.41, 5.74) is 0.471. The molecule has 0 saturated heterocycles. The van der Waals surface area contributed by atoms with Gasteiger partial charge >= 0.3 is 0 Å². The van der Waals surface area contributed by atoms with Crippen LogP contribution in [0.25, 0.3) is 0 Å². The third-order valence-corrected chi connectivity index (χ3v) is 2.96. The quantitative estimate of drug-likeness (QED) is 0.682. The molecule has 0 aromatic carbocycles. The van der Waals surface area contributed by atoms with Crippen LogP contribution in [-0.2, 0) is 4.74 Å². The van der Waals surface area contributed by atoms with E-state index in [9.17, 15) is 0 Å². The van der Waals surface area contributed by atoms with Crippen molar-refractivity contribution in [2.24, 2.45) is 17.3 Å². The average Bonchev–Trinajstić information content (AvgIpc) is 2.61. The summed E-state index contributed by atoms with van der Waals surface area (Å²) in [4.78, 5) is 0. The number of nitrogens with one attached hydrogen (secondary N) is 1. The molecular formula is C11H23NO. The van der Waals surface area contributed by atoms with Gasteiger partial charge in [0.1, 0.15) is 0 Å². The van der Waals surface area contributed by atoms with E-state index in [-0.39, 0.29) is 0 Å². The van der Waals surface area contributed by atoms with Gasteiger partial charge < -0.3 is 10.1 Å². The molecule has 2 heteroatoms. The smallest absolute Gasteiger partial charge is 0.0519 e. The highest BCUT2D eigenvalue weighted by atomic mass is 16.5. The summed E-state index contributed by atoms with van der Waals surface area (Å²) in [5.74, 6) is 1.60. The lowest BCUT2D eigenvalue weighted by Gasteiger charge is -2.11. The standard InChI is InChI=1S/C11H23NO/c1-9(2)6-12-7-10-5-11(10,3)8-13-4/h9-10,12H,5-8H2,1-4H3. The van der Waals surface area contributed by atoms with Crippen molar-refractivity contribution in [1.82, 2.24) is 5.32 Å². The molecule has 1 N–H and O–H groups in total. The molecule has 0 radical (unpaired) electrons. The molecule has 2 nitrogen and oxygen atoms in total. The maximum atomic E-state index is 5.20. The summed E-state index contributed by atoms with van der Waals surface area (Å²) in [6, 6.07) is 0. The van der Waals surface area contributed by atoms with Gasteiger partial charge in [0, 0.05) is 7.11 Å². The Hall–Kier alpha value is -0.0800. The fourth-order valence-electron chi connectivity index (χ4n) is 1.88. The van der Waals surface area contributed by atoms with E-state index in [1.54, 1.807) is 7.11 Å². The number of hydrogen-bond acceptors (Lipinski definition) is 2. The van der Waals surface area contributed by atoms with Crippen LogP contribution >= 0.6 is 0 Å². The Morgan fingerprint density at radius 1 is 1.54 bits per heavy atom. The highest BCUT2D eigenvalue weighted by Gasteiger charge is 2.49. The molecule has 1 aliphatic rings. The van der Waals surface area contributed by atoms with Gasteiger partial charge in [-0.15, -0.1) is 0 Å². The minimum Gasteiger partial charge on any atom is -0.384 e. The second-order valence-electron chi connectivity index (χ2n) is 5.04. The van der Waals surface area contributed by atoms with E-state index >= 15 is 0 Å². The van der Waals surface area contributed by atoms with E-state index in [1.807, 2.05) is 0 Å². The van der Waals surface area contributed by atoms with E-state index in [4.69, 9.17) is 4.74 Å². The Morgan fingerprint density at radius 2 is 2.23 bits per heavy atom. The summed E-state index contributed by atoms with van der Waals surface area (Å²) in [6.45, 7) is 10.0. The summed E-state index contributed by atoms with van der Waals surface area (Å²) in [7, 11) is 1.79. The van der Waals surface area contributed by atoms with Crippen molar-refractivity contribution in [1.29, 1.82) is 0 Å². The molecule has 0 aromatic heterocycles. The monoisotopic (exact) mass is 185 g/mol. The Labute approximate surface area is 82.0 Å². The van der Waals surface area contributed by atoms with Crippen LogP contribution in [0, 0.1) is 17.3 Å². The largest absolute Gasteiger partial charge is 0.384 e. The molecule has 2 unspecified atom stereocenters. The molecule has 1 rings (SSSR count). The minimum atomic E-state index is 0.471. The second-order valence-corrected chi connectivity index (χ2v) is 5.04. The second kappa shape index (κ2) is 4.43. The molecule has 0 aliphatic heterocycles. The summed E-state index contributed by atoms with van der Waals surface area (Å²) in [6.07, 6.45) is 1.33. The summed E-state index contributed by atoms with van der Waals surface area (Å²) < 4.78 is 5.20. The van der Waals surface area contributed by atoms with Crippen molar-refractivity contribution >= 4 is 0 Å². The van der Waals surface area contributed by atoms with Crippen molar-refractivity contribution < 1.29 is 4.74 Å². The number of rotatable bonds is 6. The first kappa shape index (κ1) is 11.0. The molecular weight excluding hydrogens is 162 g/mol. The van der Waals surface area contributed by atoms with Gasteiger partial charge in [0.25, 0.3) is 0 Å². The lowest BCUT2D eigenvalue weighted by molar-refractivity contribution is 0.141. The maximum absolute atomic E-state index is 5.20. The first-order valence-electron chi connectivity index (χ1n) is 5.28. The van der Waals surface area contributed by atoms with Crippen LogP contribution in [0.15, 0.2) is 0 Å². The molecule has 1 saturated carbocycles. The lowest BCUT2D eigenvalue weighted by atomic mass is 10.1. The Bertz CT molecular complexity index is 158. The third kappa shape index (κ3) is 3.28. The predicted octanol–water partition coefficient (Wildman–Crippen LogP) is 1.90. The van der Waals surface area contributed by atoms with Gasteiger partial charge in [-0.3, -0.25) is 0 Å². The van der Waals surface area contributed by atoms with Gasteiger partial charge in [-0.25, -0.2) is 0 Å². The SMILES string of the molecule is COCC1(C)CC1CNCC(C)C. The van der Waals surface area contributed by atoms with Gasteiger partial charge in [0.15, 0.2) is 0 Å². The van der Waals surface area contributed by atoms with Gasteiger partial charge in [-0.05, 0) is 36.8 Å². The molecule has 0 bridgehead atoms. The van der Waals surface area contributed by atoms with E-state index in [1.165, 1.54) is 6.42 Å². The molecule has 0 aromatic rings. The van der Waals surface area contributed by atoms with Crippen LogP contribution < -0.4 is 5.32 Å². The molecule has 1 fully saturated rings. The zero-order chi connectivity index (χ0) is 9.90. The molecule has 13 heavy (non-hydrogen) atoms. The van der Waals surface area contributed by atoms with Crippen LogP contribution in [0.2, 0.25) is 0 Å². The van der Waals surface area contributed by atoms with Crippen molar-refractivity contribution in [3.05, 3.63) is 0 Å². The predicted molar refractivity (Wildman–Crippen MR) is 55.8 cm³/mol. The van der Waals surface area contributed by atoms with Gasteiger partial charge in [0.2, 0.25) is 0 Å². The Morgan fingerprint density at radius 3 is 2.77 bits per heavy atom. The number of hydrogen-bond donors (Lipinski definition) is 1. The summed E-state index contributed by atoms with van der Waals surface area (Å²) >= 11 is 0. The van der Waals surface area contributed by atoms with Gasteiger partial charge in [-0.1, -0.05) is 20.8 Å². The Balaban J connectivity index is 2.06. The zero-order valence-electron chi connectivity index (χ0n) is 9.39. The molecule has 78 valence electrons. The zero-order valence-corrected chi connectivity index (χ0v) is 9.39. The van der Waals surface area contributed by atoms with Crippen LogP contribution in [0.1, 0.15) is 27.2 Å². The van der Waals surface area contributed by atoms with E-state index < -0.39 is 0 Å². The molecule has 0 spiro atoms. The number of ether oxygens (including phenoxy) is 1. The van der Waals surface area contributed by atoms with Crippen molar-refractivity contribution in [2.75, 3.05) is 26.8 Å². The minimum absolute atomic E-state index is 0.471. The van der Waals surface area contributed by atoms with Gasteiger partial charge in [0.05, 0.1) is 6.61 Å². The lowest BCUT2D eigenvalue weighted by Crippen LogP contribution is -2.24. The van der Waals surface area contributed by atoms with Crippen LogP contribution in [-0.4, -0.2) is 26.8 Å². The van der Waals surface area contributed by atoms with Crippen LogP contribution in [0.4, 0.5) is 0 Å². The topological polar surface area (TPSA) is 21.3 Å². The highest BCUT2D eigenvalue weighted by Crippen LogP contribution is 2.51. The van der Waals surface area contributed by atoms with Crippen molar-refractivity contribution in [3.63, 3.8) is 0 Å². The summed E-state index contributed by atoms with van der Waals surface area (Å²) in [5, 5.41) is 3.50. The number of methoxy groups -OCH3 is 1.